The topological polar surface area (TPSA) is 113 Å². The van der Waals surface area contributed by atoms with Crippen LogP contribution in [0.5, 0.6) is 0 Å². The maximum Gasteiger partial charge on any atom is 0.325 e. The van der Waals surface area contributed by atoms with Crippen molar-refractivity contribution in [2.45, 2.75) is 37.3 Å². The van der Waals surface area contributed by atoms with E-state index in [1.807, 2.05) is 6.92 Å². The van der Waals surface area contributed by atoms with Gasteiger partial charge in [0.2, 0.25) is 10.0 Å². The lowest BCUT2D eigenvalue weighted by Gasteiger charge is -2.22. The molecule has 2 atom stereocenters. The van der Waals surface area contributed by atoms with Crippen LogP contribution < -0.4 is 5.32 Å². The number of rotatable bonds is 7. The van der Waals surface area contributed by atoms with E-state index in [2.05, 4.69) is 11.9 Å². The first-order valence-electron chi connectivity index (χ1n) is 8.48. The Hall–Kier alpha value is -2.23. The molecular weight excluding hydrogens is 372 g/mol. The van der Waals surface area contributed by atoms with Gasteiger partial charge in [-0.05, 0) is 37.1 Å². The lowest BCUT2D eigenvalue weighted by molar-refractivity contribution is -0.151. The van der Waals surface area contributed by atoms with Gasteiger partial charge in [0.25, 0.3) is 5.91 Å². The molecule has 1 aromatic carbocycles. The van der Waals surface area contributed by atoms with Crippen molar-refractivity contribution in [1.29, 1.82) is 0 Å². The summed E-state index contributed by atoms with van der Waals surface area (Å²) in [6, 6.07) is 3.50. The molecule has 1 aliphatic rings. The third kappa shape index (κ3) is 4.94. The monoisotopic (exact) mass is 396 g/mol. The summed E-state index contributed by atoms with van der Waals surface area (Å²) < 4.78 is 31.8. The number of aliphatic hydroxyl groups is 1. The van der Waals surface area contributed by atoms with Crippen LogP contribution in [-0.4, -0.2) is 61.5 Å². The molecule has 0 radical (unpaired) electrons. The van der Waals surface area contributed by atoms with Crippen molar-refractivity contribution in [1.82, 2.24) is 9.62 Å². The first kappa shape index (κ1) is 21.1. The smallest absolute Gasteiger partial charge is 0.325 e. The number of aryl methyl sites for hydroxylation is 2. The van der Waals surface area contributed by atoms with Gasteiger partial charge in [0.1, 0.15) is 6.04 Å². The van der Waals surface area contributed by atoms with Crippen LogP contribution in [0, 0.1) is 13.8 Å². The van der Waals surface area contributed by atoms with E-state index < -0.39 is 40.7 Å². The van der Waals surface area contributed by atoms with Gasteiger partial charge < -0.3 is 15.2 Å². The predicted molar refractivity (Wildman–Crippen MR) is 98.4 cm³/mol. The van der Waals surface area contributed by atoms with E-state index in [0.29, 0.717) is 0 Å². The molecule has 27 heavy (non-hydrogen) atoms. The van der Waals surface area contributed by atoms with Crippen molar-refractivity contribution in [2.24, 2.45) is 0 Å². The fraction of sp³-hybridized carbons (Fsp3) is 0.444. The van der Waals surface area contributed by atoms with Gasteiger partial charge in [0.15, 0.2) is 6.61 Å². The van der Waals surface area contributed by atoms with E-state index in [9.17, 15) is 23.1 Å². The number of aliphatic hydroxyl groups excluding tert-OH is 1. The zero-order chi connectivity index (χ0) is 20.2. The molecule has 2 rings (SSSR count). The van der Waals surface area contributed by atoms with Gasteiger partial charge in [-0.2, -0.15) is 4.31 Å². The molecule has 1 fully saturated rings. The summed E-state index contributed by atoms with van der Waals surface area (Å²) in [7, 11) is -4.00. The lowest BCUT2D eigenvalue weighted by atomic mass is 10.1. The zero-order valence-corrected chi connectivity index (χ0v) is 16.2. The Morgan fingerprint density at radius 1 is 1.37 bits per heavy atom. The Labute approximate surface area is 158 Å². The van der Waals surface area contributed by atoms with Crippen LogP contribution >= 0.6 is 0 Å². The number of nitrogens with one attached hydrogen (secondary N) is 1. The Balaban J connectivity index is 2.16. The molecule has 0 spiro atoms. The molecular formula is C18H24N2O6S. The fourth-order valence-corrected chi connectivity index (χ4v) is 4.46. The minimum atomic E-state index is -4.00. The summed E-state index contributed by atoms with van der Waals surface area (Å²) in [5, 5.41) is 12.4. The van der Waals surface area contributed by atoms with Crippen molar-refractivity contribution in [3.63, 3.8) is 0 Å². The highest BCUT2D eigenvalue weighted by Crippen LogP contribution is 2.28. The maximum atomic E-state index is 13.0. The van der Waals surface area contributed by atoms with Crippen molar-refractivity contribution in [3.8, 4) is 0 Å². The Morgan fingerprint density at radius 3 is 2.70 bits per heavy atom. The quantitative estimate of drug-likeness (QED) is 0.505. The number of ether oxygens (including phenoxy) is 1. The summed E-state index contributed by atoms with van der Waals surface area (Å²) in [6.45, 7) is 6.60. The molecule has 0 saturated carbocycles. The zero-order valence-electron chi connectivity index (χ0n) is 15.3. The van der Waals surface area contributed by atoms with E-state index >= 15 is 0 Å². The first-order valence-corrected chi connectivity index (χ1v) is 9.92. The number of sulfonamides is 1. The SMILES string of the molecule is C=CCNC(=O)COC(=O)[C@@H]1CC(O)CN1S(=O)(=O)c1ccc(C)c(C)c1. The van der Waals surface area contributed by atoms with Crippen LogP contribution in [-0.2, 0) is 24.3 Å². The van der Waals surface area contributed by atoms with E-state index in [0.717, 1.165) is 15.4 Å². The summed E-state index contributed by atoms with van der Waals surface area (Å²) in [4.78, 5) is 23.9. The molecule has 0 aliphatic carbocycles. The highest BCUT2D eigenvalue weighted by Gasteiger charge is 2.44. The van der Waals surface area contributed by atoms with E-state index in [1.165, 1.54) is 18.2 Å². The largest absolute Gasteiger partial charge is 0.454 e. The molecule has 1 amide bonds. The van der Waals surface area contributed by atoms with Crippen molar-refractivity contribution < 1.29 is 27.9 Å². The average Bonchev–Trinajstić information content (AvgIpc) is 3.02. The molecule has 1 aromatic rings. The summed E-state index contributed by atoms with van der Waals surface area (Å²) in [5.41, 5.74) is 1.74. The Morgan fingerprint density at radius 2 is 2.07 bits per heavy atom. The molecule has 8 nitrogen and oxygen atoms in total. The van der Waals surface area contributed by atoms with Gasteiger partial charge in [0, 0.05) is 19.5 Å². The molecule has 0 aromatic heterocycles. The Kier molecular flexibility index (Phi) is 6.74. The first-order chi connectivity index (χ1) is 12.7. The van der Waals surface area contributed by atoms with Crippen LogP contribution in [0.2, 0.25) is 0 Å². The number of benzene rings is 1. The highest BCUT2D eigenvalue weighted by molar-refractivity contribution is 7.89. The molecule has 1 heterocycles. The van der Waals surface area contributed by atoms with Gasteiger partial charge in [-0.25, -0.2) is 8.42 Å². The molecule has 9 heteroatoms. The Bertz CT molecular complexity index is 836. The van der Waals surface area contributed by atoms with Crippen LogP contribution in [0.25, 0.3) is 0 Å². The van der Waals surface area contributed by atoms with Crippen LogP contribution in [0.15, 0.2) is 35.7 Å². The van der Waals surface area contributed by atoms with Gasteiger partial charge >= 0.3 is 5.97 Å². The molecule has 0 bridgehead atoms. The third-order valence-electron chi connectivity index (χ3n) is 4.38. The second-order valence-corrected chi connectivity index (χ2v) is 8.32. The number of nitrogens with zero attached hydrogens (tertiary/aromatic N) is 1. The number of amides is 1. The molecule has 2 N–H and O–H groups in total. The van der Waals surface area contributed by atoms with Gasteiger partial charge in [-0.15, -0.1) is 6.58 Å². The number of hydrogen-bond acceptors (Lipinski definition) is 6. The van der Waals surface area contributed by atoms with E-state index in [4.69, 9.17) is 4.74 Å². The minimum absolute atomic E-state index is 0.0428. The average molecular weight is 396 g/mol. The summed E-state index contributed by atoms with van der Waals surface area (Å²) >= 11 is 0. The predicted octanol–water partition coefficient (Wildman–Crippen LogP) is 0.273. The van der Waals surface area contributed by atoms with E-state index in [1.54, 1.807) is 13.0 Å². The van der Waals surface area contributed by atoms with Gasteiger partial charge in [-0.3, -0.25) is 9.59 Å². The van der Waals surface area contributed by atoms with Crippen LogP contribution in [0.1, 0.15) is 17.5 Å². The molecule has 148 valence electrons. The number of esters is 1. The normalized spacial score (nSPS) is 20.3. The molecule has 1 unspecified atom stereocenters. The highest BCUT2D eigenvalue weighted by atomic mass is 32.2. The number of carbonyl (C=O) groups is 2. The summed E-state index contributed by atoms with van der Waals surface area (Å²) in [5.74, 6) is -1.39. The third-order valence-corrected chi connectivity index (χ3v) is 6.25. The minimum Gasteiger partial charge on any atom is -0.454 e. The second-order valence-electron chi connectivity index (χ2n) is 6.43. The number of hydrogen-bond donors (Lipinski definition) is 2. The fourth-order valence-electron chi connectivity index (χ4n) is 2.74. The summed E-state index contributed by atoms with van der Waals surface area (Å²) in [6.07, 6.45) is 0.403. The van der Waals surface area contributed by atoms with Gasteiger partial charge in [0.05, 0.1) is 11.0 Å². The second kappa shape index (κ2) is 8.64. The molecule has 1 aliphatic heterocycles. The molecule has 1 saturated heterocycles. The van der Waals surface area contributed by atoms with Crippen molar-refractivity contribution >= 4 is 21.9 Å². The van der Waals surface area contributed by atoms with E-state index in [-0.39, 0.29) is 24.4 Å². The van der Waals surface area contributed by atoms with Crippen LogP contribution in [0.4, 0.5) is 0 Å². The standard InChI is InChI=1S/C18H24N2O6S/c1-4-7-19-17(22)11-26-18(23)16-9-14(21)10-20(16)27(24,25)15-6-5-12(2)13(3)8-15/h4-6,8,14,16,21H,1,7,9-11H2,2-3H3,(H,19,22)/t14?,16-/m0/s1. The number of β-amino-alcohol motifs (C(OH)–C–C–N with tert-alkyl or cyclic N) is 1. The lowest BCUT2D eigenvalue weighted by Crippen LogP contribution is -2.42. The van der Waals surface area contributed by atoms with Crippen molar-refractivity contribution in [3.05, 3.63) is 42.0 Å². The van der Waals surface area contributed by atoms with Crippen molar-refractivity contribution in [2.75, 3.05) is 19.7 Å². The van der Waals surface area contributed by atoms with Gasteiger partial charge in [-0.1, -0.05) is 12.1 Å². The number of carbonyl (C=O) groups excluding carboxylic acids is 2. The van der Waals surface area contributed by atoms with Crippen LogP contribution in [0.3, 0.4) is 0 Å². The maximum absolute atomic E-state index is 13.0.